The number of hydrogen-bond donors (Lipinski definition) is 2. The predicted molar refractivity (Wildman–Crippen MR) is 83.0 cm³/mol. The van der Waals surface area contributed by atoms with Gasteiger partial charge in [0.25, 0.3) is 10.0 Å². The number of halogens is 1. The minimum Gasteiger partial charge on any atom is -0.477 e. The smallest absolute Gasteiger partial charge is 0.346 e. The zero-order valence-electron chi connectivity index (χ0n) is 11.2. The van der Waals surface area contributed by atoms with E-state index in [9.17, 15) is 13.2 Å². The topological polar surface area (TPSA) is 83.5 Å². The first kappa shape index (κ1) is 15.8. The minimum atomic E-state index is -3.87. The number of para-hydroxylation sites is 1. The highest BCUT2D eigenvalue weighted by Gasteiger charge is 2.23. The maximum Gasteiger partial charge on any atom is 0.346 e. The Morgan fingerprint density at radius 3 is 2.48 bits per heavy atom. The van der Waals surface area contributed by atoms with Crippen molar-refractivity contribution in [2.75, 3.05) is 4.72 Å². The monoisotopic (exact) mass is 345 g/mol. The summed E-state index contributed by atoms with van der Waals surface area (Å²) in [5.74, 6) is -1.15. The van der Waals surface area contributed by atoms with Crippen LogP contribution < -0.4 is 4.72 Å². The summed E-state index contributed by atoms with van der Waals surface area (Å²) in [5.41, 5.74) is 1.38. The van der Waals surface area contributed by atoms with Crippen molar-refractivity contribution < 1.29 is 18.3 Å². The first-order valence-electron chi connectivity index (χ1n) is 5.84. The molecule has 0 atom stereocenters. The third-order valence-corrected chi connectivity index (χ3v) is 6.18. The molecule has 0 saturated carbocycles. The lowest BCUT2D eigenvalue weighted by Crippen LogP contribution is -2.12. The summed E-state index contributed by atoms with van der Waals surface area (Å²) in [4.78, 5) is 11.0. The van der Waals surface area contributed by atoms with E-state index in [0.717, 1.165) is 0 Å². The molecule has 0 radical (unpaired) electrons. The fourth-order valence-corrected chi connectivity index (χ4v) is 4.60. The quantitative estimate of drug-likeness (QED) is 0.888. The van der Waals surface area contributed by atoms with Gasteiger partial charge in [0.1, 0.15) is 9.09 Å². The van der Waals surface area contributed by atoms with Gasteiger partial charge < -0.3 is 5.11 Å². The van der Waals surface area contributed by atoms with Crippen molar-refractivity contribution in [3.63, 3.8) is 0 Å². The highest BCUT2D eigenvalue weighted by Crippen LogP contribution is 2.31. The summed E-state index contributed by atoms with van der Waals surface area (Å²) in [7, 11) is -3.87. The van der Waals surface area contributed by atoms with Crippen molar-refractivity contribution in [1.29, 1.82) is 0 Å². The first-order chi connectivity index (χ1) is 9.72. The number of carboxylic acids is 1. The number of rotatable bonds is 4. The van der Waals surface area contributed by atoms with Gasteiger partial charge in [-0.15, -0.1) is 11.3 Å². The molecule has 0 fully saturated rings. The molecular formula is C13H12ClNO4S2. The van der Waals surface area contributed by atoms with Crippen LogP contribution in [0.25, 0.3) is 0 Å². The second-order valence-electron chi connectivity index (χ2n) is 4.42. The molecule has 8 heteroatoms. The molecule has 112 valence electrons. The Hall–Kier alpha value is -1.57. The van der Waals surface area contributed by atoms with Crippen molar-refractivity contribution in [1.82, 2.24) is 0 Å². The molecule has 0 amide bonds. The molecule has 21 heavy (non-hydrogen) atoms. The van der Waals surface area contributed by atoms with Crippen molar-refractivity contribution in [3.8, 4) is 0 Å². The van der Waals surface area contributed by atoms with Gasteiger partial charge in [0, 0.05) is 0 Å². The number of aromatic carboxylic acids is 1. The molecule has 2 aromatic rings. The van der Waals surface area contributed by atoms with Gasteiger partial charge in [-0.3, -0.25) is 4.72 Å². The summed E-state index contributed by atoms with van der Waals surface area (Å²) >= 11 is 6.70. The average molecular weight is 346 g/mol. The standard InChI is InChI=1S/C13H12ClNO4S2/c1-7-4-3-5-9(14)11(7)15-21(18,19)10-6-8(2)12(20-10)13(16)17/h3-6,15H,1-2H3,(H,16,17). The molecule has 0 spiro atoms. The number of carbonyl (C=O) groups is 1. The number of benzene rings is 1. The van der Waals surface area contributed by atoms with E-state index in [2.05, 4.69) is 4.72 Å². The van der Waals surface area contributed by atoms with Crippen LogP contribution in [-0.2, 0) is 10.0 Å². The summed E-state index contributed by atoms with van der Waals surface area (Å²) in [6.45, 7) is 3.28. The Balaban J connectivity index is 2.44. The van der Waals surface area contributed by atoms with Crippen LogP contribution in [-0.4, -0.2) is 19.5 Å². The average Bonchev–Trinajstić information content (AvgIpc) is 2.77. The number of thiophene rings is 1. The highest BCUT2D eigenvalue weighted by atomic mass is 35.5. The van der Waals surface area contributed by atoms with Crippen molar-refractivity contribution in [2.24, 2.45) is 0 Å². The summed E-state index contributed by atoms with van der Waals surface area (Å²) in [5, 5.41) is 9.28. The van der Waals surface area contributed by atoms with Gasteiger partial charge in [-0.25, -0.2) is 13.2 Å². The number of hydrogen-bond acceptors (Lipinski definition) is 4. The van der Waals surface area contributed by atoms with E-state index < -0.39 is 16.0 Å². The minimum absolute atomic E-state index is 0.00579. The van der Waals surface area contributed by atoms with E-state index in [4.69, 9.17) is 16.7 Å². The van der Waals surface area contributed by atoms with Gasteiger partial charge in [0.15, 0.2) is 0 Å². The Morgan fingerprint density at radius 1 is 1.29 bits per heavy atom. The highest BCUT2D eigenvalue weighted by molar-refractivity contribution is 7.94. The molecule has 5 nitrogen and oxygen atoms in total. The number of sulfonamides is 1. The normalized spacial score (nSPS) is 11.4. The predicted octanol–water partition coefficient (Wildman–Crippen LogP) is 3.52. The van der Waals surface area contributed by atoms with Crippen LogP contribution in [0.3, 0.4) is 0 Å². The molecular weight excluding hydrogens is 334 g/mol. The Morgan fingerprint density at radius 2 is 1.95 bits per heavy atom. The number of carboxylic acid groups (broad SMARTS) is 1. The molecule has 0 aliphatic rings. The summed E-state index contributed by atoms with van der Waals surface area (Å²) in [6, 6.07) is 6.36. The van der Waals surface area contributed by atoms with E-state index in [1.165, 1.54) is 6.07 Å². The van der Waals surface area contributed by atoms with Gasteiger partial charge in [0.2, 0.25) is 0 Å². The van der Waals surface area contributed by atoms with Crippen LogP contribution >= 0.6 is 22.9 Å². The third-order valence-electron chi connectivity index (χ3n) is 2.81. The Labute approximate surface area is 131 Å². The largest absolute Gasteiger partial charge is 0.477 e. The van der Waals surface area contributed by atoms with Crippen LogP contribution in [0.15, 0.2) is 28.5 Å². The van der Waals surface area contributed by atoms with E-state index in [1.807, 2.05) is 0 Å². The van der Waals surface area contributed by atoms with Gasteiger partial charge in [-0.1, -0.05) is 23.7 Å². The first-order valence-corrected chi connectivity index (χ1v) is 8.52. The van der Waals surface area contributed by atoms with E-state index in [0.29, 0.717) is 28.2 Å². The second-order valence-corrected chi connectivity index (χ2v) is 7.79. The zero-order chi connectivity index (χ0) is 15.8. The molecule has 1 aromatic carbocycles. The van der Waals surface area contributed by atoms with E-state index in [1.54, 1.807) is 32.0 Å². The van der Waals surface area contributed by atoms with E-state index >= 15 is 0 Å². The molecule has 1 heterocycles. The molecule has 0 unspecified atom stereocenters. The van der Waals surface area contributed by atoms with Crippen LogP contribution in [0.2, 0.25) is 5.02 Å². The fourth-order valence-electron chi connectivity index (χ4n) is 1.74. The van der Waals surface area contributed by atoms with Crippen molar-refractivity contribution in [2.45, 2.75) is 18.1 Å². The maximum absolute atomic E-state index is 12.3. The van der Waals surface area contributed by atoms with Crippen molar-refractivity contribution in [3.05, 3.63) is 45.3 Å². The Kier molecular flexibility index (Phi) is 4.27. The second kappa shape index (κ2) is 5.67. The molecule has 0 aliphatic heterocycles. The lowest BCUT2D eigenvalue weighted by atomic mass is 10.2. The molecule has 1 aromatic heterocycles. The molecule has 0 bridgehead atoms. The lowest BCUT2D eigenvalue weighted by molar-refractivity contribution is 0.0701. The van der Waals surface area contributed by atoms with Crippen LogP contribution in [0.1, 0.15) is 20.8 Å². The fraction of sp³-hybridized carbons (Fsp3) is 0.154. The zero-order valence-corrected chi connectivity index (χ0v) is 13.6. The molecule has 0 aliphatic carbocycles. The summed E-state index contributed by atoms with van der Waals surface area (Å²) < 4.78 is 27.0. The van der Waals surface area contributed by atoms with Crippen LogP contribution in [0.4, 0.5) is 5.69 Å². The maximum atomic E-state index is 12.3. The van der Waals surface area contributed by atoms with Gasteiger partial charge in [-0.2, -0.15) is 0 Å². The SMILES string of the molecule is Cc1cc(S(=O)(=O)Nc2c(C)cccc2Cl)sc1C(=O)O. The van der Waals surface area contributed by atoms with Crippen molar-refractivity contribution >= 4 is 44.6 Å². The number of anilines is 1. The third kappa shape index (κ3) is 3.20. The van der Waals surface area contributed by atoms with Gasteiger partial charge >= 0.3 is 5.97 Å². The van der Waals surface area contributed by atoms with E-state index in [-0.39, 0.29) is 14.1 Å². The molecule has 2 N–H and O–H groups in total. The van der Waals surface area contributed by atoms with Gasteiger partial charge in [-0.05, 0) is 37.1 Å². The Bertz CT molecular complexity index is 791. The molecule has 2 rings (SSSR count). The van der Waals surface area contributed by atoms with Crippen LogP contribution in [0.5, 0.6) is 0 Å². The number of aryl methyl sites for hydroxylation is 2. The van der Waals surface area contributed by atoms with Crippen LogP contribution in [0, 0.1) is 13.8 Å². The summed E-state index contributed by atoms with van der Waals surface area (Å²) in [6.07, 6.45) is 0. The van der Waals surface area contributed by atoms with Gasteiger partial charge in [0.05, 0.1) is 10.7 Å². The number of nitrogens with one attached hydrogen (secondary N) is 1. The lowest BCUT2D eigenvalue weighted by Gasteiger charge is -2.10. The molecule has 0 saturated heterocycles.